The minimum absolute atomic E-state index is 0.0690. The van der Waals surface area contributed by atoms with Gasteiger partial charge in [0.05, 0.1) is 0 Å². The van der Waals surface area contributed by atoms with E-state index in [1.54, 1.807) is 20.8 Å². The summed E-state index contributed by atoms with van der Waals surface area (Å²) in [4.78, 5) is -0.176. The van der Waals surface area contributed by atoms with Crippen LogP contribution < -0.4 is 5.46 Å². The van der Waals surface area contributed by atoms with E-state index < -0.39 is 22.7 Å². The average molecular weight is 256 g/mol. The van der Waals surface area contributed by atoms with Crippen LogP contribution in [0.3, 0.4) is 0 Å². The second-order valence-corrected chi connectivity index (χ2v) is 6.22. The van der Waals surface area contributed by atoms with E-state index in [9.17, 15) is 8.42 Å². The molecule has 0 heterocycles. The minimum Gasteiger partial charge on any atom is -0.540 e. The molecular weight excluding hydrogens is 241 g/mol. The Morgan fingerprint density at radius 3 is 2.18 bits per heavy atom. The number of hydrogen-bond acceptors (Lipinski definition) is 4. The van der Waals surface area contributed by atoms with Crippen LogP contribution in [0.1, 0.15) is 20.8 Å². The van der Waals surface area contributed by atoms with Crippen LogP contribution in [0.5, 0.6) is 0 Å². The number of nitrogens with zero attached hydrogens (tertiary/aromatic N) is 1. The highest BCUT2D eigenvalue weighted by Crippen LogP contribution is 2.24. The van der Waals surface area contributed by atoms with Crippen molar-refractivity contribution in [2.24, 2.45) is 0 Å². The highest BCUT2D eigenvalue weighted by atomic mass is 32.2. The number of rotatable bonds is 3. The number of sulfonamides is 1. The largest absolute Gasteiger partial charge is 0.540 e. The SMILES string of the molecule is CC(C)(C)[N-]S(=O)(=O)c1ccccc1B(O)O. The summed E-state index contributed by atoms with van der Waals surface area (Å²) in [5.41, 5.74) is -0.827. The van der Waals surface area contributed by atoms with Gasteiger partial charge in [0.2, 0.25) is 0 Å². The first kappa shape index (κ1) is 14.2. The lowest BCUT2D eigenvalue weighted by atomic mass is 9.80. The lowest BCUT2D eigenvalue weighted by Gasteiger charge is -2.36. The van der Waals surface area contributed by atoms with Gasteiger partial charge in [0, 0.05) is 4.90 Å². The van der Waals surface area contributed by atoms with Crippen molar-refractivity contribution < 1.29 is 18.5 Å². The predicted octanol–water partition coefficient (Wildman–Crippen LogP) is 0.227. The summed E-state index contributed by atoms with van der Waals surface area (Å²) in [6.07, 6.45) is 0. The summed E-state index contributed by atoms with van der Waals surface area (Å²) in [5, 5.41) is 18.2. The molecule has 0 unspecified atom stereocenters. The van der Waals surface area contributed by atoms with Crippen LogP contribution in [0.2, 0.25) is 0 Å². The summed E-state index contributed by atoms with van der Waals surface area (Å²) in [7, 11) is -5.73. The maximum absolute atomic E-state index is 12.0. The molecule has 0 aliphatic carbocycles. The normalized spacial score (nSPS) is 12.5. The molecule has 1 rings (SSSR count). The van der Waals surface area contributed by atoms with Crippen molar-refractivity contribution in [1.29, 1.82) is 0 Å². The smallest absolute Gasteiger partial charge is 0.489 e. The Labute approximate surface area is 102 Å². The lowest BCUT2D eigenvalue weighted by molar-refractivity contribution is 0.424. The molecule has 0 saturated heterocycles. The summed E-state index contributed by atoms with van der Waals surface area (Å²) in [6, 6.07) is 5.69. The third-order valence-electron chi connectivity index (χ3n) is 1.87. The molecule has 0 aliphatic rings. The molecule has 0 amide bonds. The Bertz CT molecular complexity index is 493. The molecule has 0 aromatic heterocycles. The van der Waals surface area contributed by atoms with E-state index in [4.69, 9.17) is 10.0 Å². The van der Waals surface area contributed by atoms with Crippen LogP contribution in [0, 0.1) is 0 Å². The molecule has 0 aliphatic heterocycles. The van der Waals surface area contributed by atoms with E-state index >= 15 is 0 Å². The van der Waals surface area contributed by atoms with Gasteiger partial charge in [-0.2, -0.15) is 0 Å². The molecule has 5 nitrogen and oxygen atoms in total. The maximum Gasteiger partial charge on any atom is 0.489 e. The van der Waals surface area contributed by atoms with Crippen LogP contribution in [0.15, 0.2) is 29.2 Å². The van der Waals surface area contributed by atoms with Gasteiger partial charge < -0.3 is 14.8 Å². The molecule has 0 radical (unpaired) electrons. The minimum atomic E-state index is -3.89. The molecule has 0 fully saturated rings. The van der Waals surface area contributed by atoms with Crippen molar-refractivity contribution in [1.82, 2.24) is 0 Å². The second-order valence-electron chi connectivity index (χ2n) is 4.65. The van der Waals surface area contributed by atoms with Crippen LogP contribution >= 0.6 is 0 Å². The van der Waals surface area contributed by atoms with Crippen molar-refractivity contribution in [3.63, 3.8) is 0 Å². The quantitative estimate of drug-likeness (QED) is 0.757. The van der Waals surface area contributed by atoms with E-state index in [0.717, 1.165) is 0 Å². The molecule has 17 heavy (non-hydrogen) atoms. The molecule has 1 aromatic rings. The summed E-state index contributed by atoms with van der Waals surface area (Å²) in [5.74, 6) is 0. The zero-order valence-electron chi connectivity index (χ0n) is 9.95. The molecule has 94 valence electrons. The van der Waals surface area contributed by atoms with E-state index in [1.807, 2.05) is 0 Å². The van der Waals surface area contributed by atoms with Crippen LogP contribution in [0.25, 0.3) is 4.72 Å². The Morgan fingerprint density at radius 1 is 1.18 bits per heavy atom. The van der Waals surface area contributed by atoms with Crippen LogP contribution in [-0.4, -0.2) is 31.1 Å². The van der Waals surface area contributed by atoms with E-state index in [-0.39, 0.29) is 10.4 Å². The fraction of sp³-hybridized carbons (Fsp3) is 0.400. The standard InChI is InChI=1S/C10H15BNO4S/c1-10(2,3)12-17(15,16)9-7-5-4-6-8(9)11(13)14/h4-7,13-14H,1-3H3/q-1. The molecule has 0 saturated carbocycles. The zero-order valence-corrected chi connectivity index (χ0v) is 10.8. The zero-order chi connectivity index (χ0) is 13.3. The van der Waals surface area contributed by atoms with Gasteiger partial charge in [0.15, 0.2) is 0 Å². The van der Waals surface area contributed by atoms with Crippen LogP contribution in [0.4, 0.5) is 0 Å². The molecule has 0 spiro atoms. The van der Waals surface area contributed by atoms with Gasteiger partial charge in [0.1, 0.15) is 10.0 Å². The van der Waals surface area contributed by atoms with E-state index in [2.05, 4.69) is 4.72 Å². The van der Waals surface area contributed by atoms with Gasteiger partial charge in [0.25, 0.3) is 0 Å². The van der Waals surface area contributed by atoms with Gasteiger partial charge in [-0.3, -0.25) is 0 Å². The van der Waals surface area contributed by atoms with E-state index in [0.29, 0.717) is 0 Å². The van der Waals surface area contributed by atoms with Crippen molar-refractivity contribution in [2.75, 3.05) is 0 Å². The van der Waals surface area contributed by atoms with Crippen molar-refractivity contribution in [2.45, 2.75) is 31.2 Å². The molecule has 0 atom stereocenters. The Kier molecular flexibility index (Phi) is 3.98. The van der Waals surface area contributed by atoms with Gasteiger partial charge in [-0.05, 0) is 11.5 Å². The second kappa shape index (κ2) is 4.77. The van der Waals surface area contributed by atoms with Crippen LogP contribution in [-0.2, 0) is 10.0 Å². The summed E-state index contributed by atoms with van der Waals surface area (Å²) >= 11 is 0. The van der Waals surface area contributed by atoms with Gasteiger partial charge >= 0.3 is 7.12 Å². The molecule has 2 N–H and O–H groups in total. The summed E-state index contributed by atoms with van der Waals surface area (Å²) in [6.45, 7) is 4.97. The third-order valence-corrected chi connectivity index (χ3v) is 3.58. The van der Waals surface area contributed by atoms with E-state index in [1.165, 1.54) is 24.3 Å². The van der Waals surface area contributed by atoms with Gasteiger partial charge in [-0.25, -0.2) is 8.42 Å². The Morgan fingerprint density at radius 2 is 1.71 bits per heavy atom. The first-order valence-corrected chi connectivity index (χ1v) is 6.52. The monoisotopic (exact) mass is 256 g/mol. The van der Waals surface area contributed by atoms with Crippen molar-refractivity contribution in [3.05, 3.63) is 29.0 Å². The first-order chi connectivity index (χ1) is 7.63. The maximum atomic E-state index is 12.0. The fourth-order valence-electron chi connectivity index (χ4n) is 1.34. The van der Waals surface area contributed by atoms with Crippen molar-refractivity contribution in [3.8, 4) is 0 Å². The fourth-order valence-corrected chi connectivity index (χ4v) is 2.88. The first-order valence-electron chi connectivity index (χ1n) is 5.08. The average Bonchev–Trinajstić information content (AvgIpc) is 2.14. The molecule has 7 heteroatoms. The third kappa shape index (κ3) is 3.81. The molecular formula is C10H15BNO4S-. The lowest BCUT2D eigenvalue weighted by Crippen LogP contribution is -2.34. The highest BCUT2D eigenvalue weighted by Gasteiger charge is 2.21. The molecule has 0 bridgehead atoms. The number of benzene rings is 1. The van der Waals surface area contributed by atoms with Gasteiger partial charge in [-0.15, -0.1) is 5.54 Å². The topological polar surface area (TPSA) is 88.7 Å². The Hall–Kier alpha value is -0.885. The highest BCUT2D eigenvalue weighted by molar-refractivity contribution is 7.94. The van der Waals surface area contributed by atoms with Gasteiger partial charge in [-0.1, -0.05) is 39.0 Å². The van der Waals surface area contributed by atoms with Crippen molar-refractivity contribution >= 4 is 22.6 Å². The summed E-state index contributed by atoms with van der Waals surface area (Å²) < 4.78 is 27.7. The Balaban J connectivity index is 3.25. The predicted molar refractivity (Wildman–Crippen MR) is 66.6 cm³/mol. The number of hydrogen-bond donors (Lipinski definition) is 2. The molecule has 1 aromatic carbocycles.